The molecule has 18 heavy (non-hydrogen) atoms. The zero-order chi connectivity index (χ0) is 12.4. The van der Waals surface area contributed by atoms with Gasteiger partial charge in [-0.1, -0.05) is 37.5 Å². The third-order valence-electron chi connectivity index (χ3n) is 4.91. The normalized spacial score (nSPS) is 21.8. The van der Waals surface area contributed by atoms with E-state index < -0.39 is 0 Å². The van der Waals surface area contributed by atoms with Gasteiger partial charge in [-0.05, 0) is 61.8 Å². The molecule has 2 aliphatic carbocycles. The molecule has 1 fully saturated rings. The van der Waals surface area contributed by atoms with Gasteiger partial charge in [0.25, 0.3) is 0 Å². The molecule has 98 valence electrons. The molecule has 1 N–H and O–H groups in total. The summed E-state index contributed by atoms with van der Waals surface area (Å²) in [7, 11) is 2.13. The lowest BCUT2D eigenvalue weighted by Gasteiger charge is -2.30. The predicted octanol–water partition coefficient (Wildman–Crippen LogP) is 4.02. The minimum absolute atomic E-state index is 0.580. The fourth-order valence-corrected chi connectivity index (χ4v) is 3.93. The van der Waals surface area contributed by atoms with Crippen LogP contribution in [0, 0.1) is 5.92 Å². The molecule has 1 saturated carbocycles. The van der Waals surface area contributed by atoms with E-state index >= 15 is 0 Å². The van der Waals surface area contributed by atoms with Crippen molar-refractivity contribution >= 4 is 0 Å². The van der Waals surface area contributed by atoms with Crippen LogP contribution in [-0.4, -0.2) is 7.05 Å². The zero-order valence-corrected chi connectivity index (χ0v) is 11.5. The van der Waals surface area contributed by atoms with E-state index in [9.17, 15) is 0 Å². The Morgan fingerprint density at radius 3 is 2.56 bits per heavy atom. The Kier molecular flexibility index (Phi) is 3.69. The number of fused-ring (bicyclic) bond motifs is 1. The lowest BCUT2D eigenvalue weighted by Crippen LogP contribution is -2.27. The molecule has 1 aromatic carbocycles. The van der Waals surface area contributed by atoms with Crippen molar-refractivity contribution in [3.8, 4) is 0 Å². The summed E-state index contributed by atoms with van der Waals surface area (Å²) in [6.07, 6.45) is 11.0. The average Bonchev–Trinajstić information content (AvgIpc) is 2.88. The summed E-state index contributed by atoms with van der Waals surface area (Å²) in [4.78, 5) is 0. The summed E-state index contributed by atoms with van der Waals surface area (Å²) >= 11 is 0. The lowest BCUT2D eigenvalue weighted by molar-refractivity contribution is 0.281. The van der Waals surface area contributed by atoms with Crippen LogP contribution in [0.4, 0.5) is 0 Å². The van der Waals surface area contributed by atoms with Gasteiger partial charge in [0, 0.05) is 6.04 Å². The average molecular weight is 243 g/mol. The largest absolute Gasteiger partial charge is 0.313 e. The van der Waals surface area contributed by atoms with Crippen LogP contribution in [0.15, 0.2) is 18.2 Å². The molecule has 0 saturated heterocycles. The van der Waals surface area contributed by atoms with Crippen LogP contribution >= 0.6 is 0 Å². The molecule has 1 atom stereocenters. The van der Waals surface area contributed by atoms with Gasteiger partial charge in [0.1, 0.15) is 0 Å². The summed E-state index contributed by atoms with van der Waals surface area (Å²) < 4.78 is 0. The maximum Gasteiger partial charge on any atom is 0.0346 e. The molecule has 0 bridgehead atoms. The molecule has 0 heterocycles. The van der Waals surface area contributed by atoms with E-state index in [0.717, 1.165) is 5.92 Å². The highest BCUT2D eigenvalue weighted by Gasteiger charge is 2.24. The number of hydrogen-bond donors (Lipinski definition) is 1. The quantitative estimate of drug-likeness (QED) is 0.845. The maximum atomic E-state index is 3.58. The van der Waals surface area contributed by atoms with E-state index in [1.807, 2.05) is 0 Å². The number of benzene rings is 1. The van der Waals surface area contributed by atoms with Gasteiger partial charge in [-0.2, -0.15) is 0 Å². The molecule has 2 aliphatic rings. The summed E-state index contributed by atoms with van der Waals surface area (Å²) in [5.74, 6) is 0.850. The first kappa shape index (κ1) is 12.2. The van der Waals surface area contributed by atoms with Crippen LogP contribution < -0.4 is 5.32 Å². The van der Waals surface area contributed by atoms with Crippen molar-refractivity contribution in [2.75, 3.05) is 7.05 Å². The molecule has 3 rings (SSSR count). The van der Waals surface area contributed by atoms with Crippen molar-refractivity contribution in [2.45, 2.75) is 57.4 Å². The van der Waals surface area contributed by atoms with E-state index in [0.29, 0.717) is 6.04 Å². The molecule has 0 amide bonds. The smallest absolute Gasteiger partial charge is 0.0346 e. The first-order chi connectivity index (χ1) is 8.88. The fraction of sp³-hybridized carbons (Fsp3) is 0.647. The summed E-state index contributed by atoms with van der Waals surface area (Å²) in [5, 5.41) is 3.58. The second-order valence-electron chi connectivity index (χ2n) is 6.05. The SMILES string of the molecule is CNC(c1ccc2c(c1)CCC2)C1CCCCC1. The molecule has 0 aliphatic heterocycles. The minimum Gasteiger partial charge on any atom is -0.313 e. The van der Waals surface area contributed by atoms with Crippen molar-refractivity contribution in [1.29, 1.82) is 0 Å². The van der Waals surface area contributed by atoms with E-state index in [-0.39, 0.29) is 0 Å². The Hall–Kier alpha value is -0.820. The molecular formula is C17H25N. The monoisotopic (exact) mass is 243 g/mol. The second kappa shape index (κ2) is 5.44. The molecule has 0 spiro atoms. The Labute approximate surface area is 111 Å². The highest BCUT2D eigenvalue weighted by Crippen LogP contribution is 2.35. The Morgan fingerprint density at radius 2 is 1.78 bits per heavy atom. The van der Waals surface area contributed by atoms with E-state index in [4.69, 9.17) is 0 Å². The molecule has 1 aromatic rings. The van der Waals surface area contributed by atoms with Crippen molar-refractivity contribution in [3.05, 3.63) is 34.9 Å². The topological polar surface area (TPSA) is 12.0 Å². The fourth-order valence-electron chi connectivity index (χ4n) is 3.93. The maximum absolute atomic E-state index is 3.58. The van der Waals surface area contributed by atoms with Crippen molar-refractivity contribution in [3.63, 3.8) is 0 Å². The summed E-state index contributed by atoms with van der Waals surface area (Å²) in [6, 6.07) is 7.82. The van der Waals surface area contributed by atoms with Gasteiger partial charge >= 0.3 is 0 Å². The van der Waals surface area contributed by atoms with Crippen LogP contribution in [0.25, 0.3) is 0 Å². The predicted molar refractivity (Wildman–Crippen MR) is 76.8 cm³/mol. The molecular weight excluding hydrogens is 218 g/mol. The Morgan fingerprint density at radius 1 is 1.00 bits per heavy atom. The summed E-state index contributed by atoms with van der Waals surface area (Å²) in [5.41, 5.74) is 4.74. The van der Waals surface area contributed by atoms with Crippen LogP contribution in [0.2, 0.25) is 0 Å². The molecule has 1 unspecified atom stereocenters. The number of rotatable bonds is 3. The van der Waals surface area contributed by atoms with Gasteiger partial charge in [-0.15, -0.1) is 0 Å². The Balaban J connectivity index is 1.82. The lowest BCUT2D eigenvalue weighted by atomic mass is 9.81. The molecule has 0 aromatic heterocycles. The van der Waals surface area contributed by atoms with Gasteiger partial charge in [0.15, 0.2) is 0 Å². The summed E-state index contributed by atoms with van der Waals surface area (Å²) in [6.45, 7) is 0. The van der Waals surface area contributed by atoms with Gasteiger partial charge in [0.2, 0.25) is 0 Å². The highest BCUT2D eigenvalue weighted by atomic mass is 14.9. The molecule has 0 radical (unpaired) electrons. The third kappa shape index (κ3) is 2.33. The van der Waals surface area contributed by atoms with E-state index in [1.165, 1.54) is 56.9 Å². The second-order valence-corrected chi connectivity index (χ2v) is 6.05. The van der Waals surface area contributed by atoms with E-state index in [2.05, 4.69) is 30.6 Å². The van der Waals surface area contributed by atoms with Gasteiger partial charge in [0.05, 0.1) is 0 Å². The van der Waals surface area contributed by atoms with Crippen LogP contribution in [0.5, 0.6) is 0 Å². The van der Waals surface area contributed by atoms with Crippen LogP contribution in [-0.2, 0) is 12.8 Å². The van der Waals surface area contributed by atoms with Gasteiger partial charge in [-0.25, -0.2) is 0 Å². The molecule has 1 heteroatoms. The molecule has 1 nitrogen and oxygen atoms in total. The highest BCUT2D eigenvalue weighted by molar-refractivity contribution is 5.36. The first-order valence-electron chi connectivity index (χ1n) is 7.67. The zero-order valence-electron chi connectivity index (χ0n) is 11.5. The van der Waals surface area contributed by atoms with Crippen LogP contribution in [0.1, 0.15) is 61.3 Å². The standard InChI is InChI=1S/C17H25N/c1-18-17(14-6-3-2-4-7-14)16-11-10-13-8-5-9-15(13)12-16/h10-12,14,17-18H,2-9H2,1H3. The van der Waals surface area contributed by atoms with Crippen molar-refractivity contribution in [2.24, 2.45) is 5.92 Å². The first-order valence-corrected chi connectivity index (χ1v) is 7.67. The van der Waals surface area contributed by atoms with E-state index in [1.54, 1.807) is 11.1 Å². The van der Waals surface area contributed by atoms with Crippen LogP contribution in [0.3, 0.4) is 0 Å². The van der Waals surface area contributed by atoms with Gasteiger partial charge < -0.3 is 5.32 Å². The van der Waals surface area contributed by atoms with Crippen molar-refractivity contribution < 1.29 is 0 Å². The Bertz CT molecular complexity index is 404. The number of aryl methyl sites for hydroxylation is 2. The third-order valence-corrected chi connectivity index (χ3v) is 4.91. The number of hydrogen-bond acceptors (Lipinski definition) is 1. The minimum atomic E-state index is 0.580. The number of nitrogens with one attached hydrogen (secondary N) is 1. The van der Waals surface area contributed by atoms with Crippen molar-refractivity contribution in [1.82, 2.24) is 5.32 Å². The van der Waals surface area contributed by atoms with Gasteiger partial charge in [-0.3, -0.25) is 0 Å².